The van der Waals surface area contributed by atoms with Gasteiger partial charge >= 0.3 is 0 Å². The number of hydrogen-bond acceptors (Lipinski definition) is 5. The van der Waals surface area contributed by atoms with Crippen LogP contribution in [0.2, 0.25) is 5.02 Å². The van der Waals surface area contributed by atoms with Gasteiger partial charge in [-0.05, 0) is 17.7 Å². The molecule has 114 valence electrons. The quantitative estimate of drug-likeness (QED) is 0.784. The third kappa shape index (κ3) is 2.88. The van der Waals surface area contributed by atoms with Crippen molar-refractivity contribution in [3.8, 4) is 0 Å². The van der Waals surface area contributed by atoms with Crippen molar-refractivity contribution in [2.45, 2.75) is 6.04 Å². The molecule has 0 bridgehead atoms. The Morgan fingerprint density at radius 3 is 2.77 bits per heavy atom. The summed E-state index contributed by atoms with van der Waals surface area (Å²) in [6, 6.07) is 7.63. The number of rotatable bonds is 5. The Balaban J connectivity index is 1.94. The lowest BCUT2D eigenvalue weighted by Gasteiger charge is -2.19. The van der Waals surface area contributed by atoms with Crippen molar-refractivity contribution in [3.05, 3.63) is 47.4 Å². The first kappa shape index (κ1) is 14.7. The molecule has 1 unspecified atom stereocenters. The molecule has 0 aliphatic carbocycles. The summed E-state index contributed by atoms with van der Waals surface area (Å²) in [5.41, 5.74) is 1.85. The van der Waals surface area contributed by atoms with Crippen molar-refractivity contribution in [1.29, 1.82) is 0 Å². The van der Waals surface area contributed by atoms with Crippen LogP contribution in [0.1, 0.15) is 11.6 Å². The number of nitrogens with zero attached hydrogens (tertiary/aromatic N) is 4. The van der Waals surface area contributed by atoms with Gasteiger partial charge in [-0.15, -0.1) is 0 Å². The highest BCUT2D eigenvalue weighted by molar-refractivity contribution is 6.30. The Morgan fingerprint density at radius 1 is 1.27 bits per heavy atom. The summed E-state index contributed by atoms with van der Waals surface area (Å²) in [5.74, 6) is 0.732. The highest BCUT2D eigenvalue weighted by Gasteiger charge is 2.15. The van der Waals surface area contributed by atoms with Crippen LogP contribution in [0.3, 0.4) is 0 Å². The Labute approximate surface area is 133 Å². The van der Waals surface area contributed by atoms with E-state index in [0.717, 1.165) is 22.4 Å². The highest BCUT2D eigenvalue weighted by atomic mass is 35.5. The molecule has 0 saturated heterocycles. The van der Waals surface area contributed by atoms with Crippen LogP contribution in [0.25, 0.3) is 11.0 Å². The molecule has 3 aromatic rings. The van der Waals surface area contributed by atoms with Crippen molar-refractivity contribution < 1.29 is 4.74 Å². The maximum absolute atomic E-state index is 5.95. The van der Waals surface area contributed by atoms with Crippen LogP contribution >= 0.6 is 11.6 Å². The molecule has 0 spiro atoms. The topological polar surface area (TPSA) is 64.9 Å². The van der Waals surface area contributed by atoms with Gasteiger partial charge in [0, 0.05) is 19.2 Å². The third-order valence-corrected chi connectivity index (χ3v) is 3.70. The fourth-order valence-corrected chi connectivity index (χ4v) is 2.45. The number of ether oxygens (including phenoxy) is 1. The van der Waals surface area contributed by atoms with Crippen LogP contribution in [0.5, 0.6) is 0 Å². The van der Waals surface area contributed by atoms with Crippen molar-refractivity contribution >= 4 is 28.5 Å². The molecule has 22 heavy (non-hydrogen) atoms. The summed E-state index contributed by atoms with van der Waals surface area (Å²) in [6.07, 6.45) is 3.28. The number of nitrogens with one attached hydrogen (secondary N) is 1. The lowest BCUT2D eigenvalue weighted by molar-refractivity contribution is 0.186. The molecule has 0 saturated carbocycles. The molecule has 0 amide bonds. The summed E-state index contributed by atoms with van der Waals surface area (Å²) in [6.45, 7) is 0.507. The molecule has 2 heterocycles. The summed E-state index contributed by atoms with van der Waals surface area (Å²) in [5, 5.41) is 9.20. The summed E-state index contributed by atoms with van der Waals surface area (Å²) >= 11 is 5.95. The lowest BCUT2D eigenvalue weighted by atomic mass is 10.1. The van der Waals surface area contributed by atoms with E-state index in [1.807, 2.05) is 31.3 Å². The number of hydrogen-bond donors (Lipinski definition) is 1. The van der Waals surface area contributed by atoms with Crippen LogP contribution in [0, 0.1) is 0 Å². The minimum atomic E-state index is -0.0411. The van der Waals surface area contributed by atoms with Gasteiger partial charge in [-0.3, -0.25) is 4.68 Å². The second kappa shape index (κ2) is 6.29. The van der Waals surface area contributed by atoms with Crippen molar-refractivity contribution in [2.75, 3.05) is 19.0 Å². The number of aromatic nitrogens is 4. The predicted molar refractivity (Wildman–Crippen MR) is 86.0 cm³/mol. The number of methoxy groups -OCH3 is 1. The standard InChI is InChI=1S/C15H16ClN5O/c1-21-15-12(7-19-21)14(17-9-18-15)20-13(8-22-2)10-3-5-11(16)6-4-10/h3-7,9,13H,8H2,1-2H3,(H,17,18,20). The smallest absolute Gasteiger partial charge is 0.163 e. The fourth-order valence-electron chi connectivity index (χ4n) is 2.33. The van der Waals surface area contributed by atoms with E-state index in [0.29, 0.717) is 11.6 Å². The Morgan fingerprint density at radius 2 is 2.05 bits per heavy atom. The maximum atomic E-state index is 5.95. The van der Waals surface area contributed by atoms with Gasteiger partial charge in [-0.25, -0.2) is 9.97 Å². The van der Waals surface area contributed by atoms with Gasteiger partial charge in [-0.2, -0.15) is 5.10 Å². The van der Waals surface area contributed by atoms with Crippen LogP contribution in [-0.2, 0) is 11.8 Å². The average molecular weight is 318 g/mol. The van der Waals surface area contributed by atoms with Crippen LogP contribution in [0.15, 0.2) is 36.8 Å². The number of anilines is 1. The fraction of sp³-hybridized carbons (Fsp3) is 0.267. The SMILES string of the molecule is COCC(Nc1ncnc2c1cnn2C)c1ccc(Cl)cc1. The number of fused-ring (bicyclic) bond motifs is 1. The van der Waals surface area contributed by atoms with Crippen molar-refractivity contribution in [2.24, 2.45) is 7.05 Å². The second-order valence-electron chi connectivity index (χ2n) is 4.93. The number of aryl methyl sites for hydroxylation is 1. The van der Waals surface area contributed by atoms with Crippen molar-refractivity contribution in [3.63, 3.8) is 0 Å². The first-order valence-electron chi connectivity index (χ1n) is 6.82. The average Bonchev–Trinajstić information content (AvgIpc) is 2.90. The van der Waals surface area contributed by atoms with Crippen molar-refractivity contribution in [1.82, 2.24) is 19.7 Å². The summed E-state index contributed by atoms with van der Waals surface area (Å²) < 4.78 is 7.04. The Hall–Kier alpha value is -2.18. The number of halogens is 1. The summed E-state index contributed by atoms with van der Waals surface area (Å²) in [4.78, 5) is 8.57. The molecule has 1 aromatic carbocycles. The van der Waals surface area contributed by atoms with Gasteiger partial charge in [0.2, 0.25) is 0 Å². The molecule has 2 aromatic heterocycles. The van der Waals surface area contributed by atoms with Crippen LogP contribution in [0.4, 0.5) is 5.82 Å². The normalized spacial score (nSPS) is 12.5. The highest BCUT2D eigenvalue weighted by Crippen LogP contribution is 2.24. The number of benzene rings is 1. The molecular formula is C15H16ClN5O. The first-order valence-corrected chi connectivity index (χ1v) is 7.20. The van der Waals surface area contributed by atoms with E-state index in [-0.39, 0.29) is 6.04 Å². The van der Waals surface area contributed by atoms with E-state index in [1.54, 1.807) is 18.0 Å². The van der Waals surface area contributed by atoms with Gasteiger partial charge in [0.1, 0.15) is 12.1 Å². The van der Waals surface area contributed by atoms with Crippen LogP contribution < -0.4 is 5.32 Å². The molecule has 1 atom stereocenters. The molecule has 0 aliphatic heterocycles. The Kier molecular flexibility index (Phi) is 4.22. The molecule has 3 rings (SSSR count). The van der Waals surface area contributed by atoms with E-state index in [4.69, 9.17) is 16.3 Å². The lowest BCUT2D eigenvalue weighted by Crippen LogP contribution is -2.17. The monoisotopic (exact) mass is 317 g/mol. The molecule has 0 aliphatic rings. The van der Waals surface area contributed by atoms with E-state index >= 15 is 0 Å². The van der Waals surface area contributed by atoms with Gasteiger partial charge in [0.05, 0.1) is 24.2 Å². The van der Waals surface area contributed by atoms with E-state index < -0.39 is 0 Å². The minimum absolute atomic E-state index is 0.0411. The van der Waals surface area contributed by atoms with Gasteiger partial charge in [0.15, 0.2) is 5.65 Å². The zero-order valence-corrected chi connectivity index (χ0v) is 13.1. The van der Waals surface area contributed by atoms with E-state index in [9.17, 15) is 0 Å². The maximum Gasteiger partial charge on any atom is 0.163 e. The van der Waals surface area contributed by atoms with Crippen LogP contribution in [-0.4, -0.2) is 33.5 Å². The third-order valence-electron chi connectivity index (χ3n) is 3.45. The largest absolute Gasteiger partial charge is 0.382 e. The first-order chi connectivity index (χ1) is 10.7. The molecule has 7 heteroatoms. The van der Waals surface area contributed by atoms with Gasteiger partial charge in [0.25, 0.3) is 0 Å². The minimum Gasteiger partial charge on any atom is -0.382 e. The van der Waals surface area contributed by atoms with E-state index in [2.05, 4.69) is 20.4 Å². The zero-order chi connectivity index (χ0) is 15.5. The molecular weight excluding hydrogens is 302 g/mol. The molecule has 0 fully saturated rings. The predicted octanol–water partition coefficient (Wildman–Crippen LogP) is 2.82. The Bertz CT molecular complexity index is 771. The zero-order valence-electron chi connectivity index (χ0n) is 12.3. The molecule has 1 N–H and O–H groups in total. The second-order valence-corrected chi connectivity index (χ2v) is 5.37. The van der Waals surface area contributed by atoms with Gasteiger partial charge in [-0.1, -0.05) is 23.7 Å². The molecule has 6 nitrogen and oxygen atoms in total. The van der Waals surface area contributed by atoms with Gasteiger partial charge < -0.3 is 10.1 Å². The van der Waals surface area contributed by atoms with E-state index in [1.165, 1.54) is 6.33 Å². The summed E-state index contributed by atoms with van der Waals surface area (Å²) in [7, 11) is 3.52. The molecule has 0 radical (unpaired) electrons.